The Labute approximate surface area is 128 Å². The van der Waals surface area contributed by atoms with Crippen molar-refractivity contribution in [3.8, 4) is 0 Å². The summed E-state index contributed by atoms with van der Waals surface area (Å²) in [5, 5.41) is 22.3. The Morgan fingerprint density at radius 2 is 2.14 bits per heavy atom. The maximum absolute atomic E-state index is 12.2. The minimum atomic E-state index is -1.78. The van der Waals surface area contributed by atoms with E-state index in [0.717, 1.165) is 10.3 Å². The molecule has 2 aliphatic heterocycles. The fourth-order valence-corrected chi connectivity index (χ4v) is 3.77. The Kier molecular flexibility index (Phi) is 4.47. The topological polar surface area (TPSA) is 124 Å². The fraction of sp³-hybridized carbons (Fsp3) is 0.462. The quantitative estimate of drug-likeness (QED) is 0.571. The van der Waals surface area contributed by atoms with E-state index < -0.39 is 40.7 Å². The lowest BCUT2D eigenvalue weighted by molar-refractivity contribution is -0.161. The Morgan fingerprint density at radius 3 is 2.64 bits per heavy atom. The molecule has 3 N–H and O–H groups in total. The van der Waals surface area contributed by atoms with Crippen LogP contribution in [-0.2, 0) is 25.2 Å². The maximum Gasteiger partial charge on any atom is 0.353 e. The highest BCUT2D eigenvalue weighted by atomic mass is 32.2. The molecule has 2 aliphatic rings. The molecule has 0 aromatic rings. The van der Waals surface area contributed by atoms with Gasteiger partial charge in [0.2, 0.25) is 11.8 Å². The number of aliphatic hydroxyl groups excluding tert-OH is 1. The first kappa shape index (κ1) is 16.4. The number of nitrogens with one attached hydrogen (secondary N) is 1. The number of carbonyl (C=O) groups excluding carboxylic acids is 2. The van der Waals surface area contributed by atoms with Crippen molar-refractivity contribution in [3.63, 3.8) is 0 Å². The smallest absolute Gasteiger partial charge is 0.353 e. The van der Waals surface area contributed by atoms with Crippen molar-refractivity contribution in [1.29, 1.82) is 0 Å². The summed E-state index contributed by atoms with van der Waals surface area (Å²) in [5.74, 6) is -2.84. The monoisotopic (exact) mass is 328 g/mol. The van der Waals surface area contributed by atoms with E-state index in [-0.39, 0.29) is 22.9 Å². The number of nitrogens with zero attached hydrogens (tertiary/aromatic N) is 1. The van der Waals surface area contributed by atoms with Gasteiger partial charge in [-0.2, -0.15) is 0 Å². The van der Waals surface area contributed by atoms with Gasteiger partial charge in [0.25, 0.3) is 0 Å². The Hall–Kier alpha value is -2.00. The number of carboxylic acids is 1. The standard InChI is InChI=1S/C13H16N2O6S/c1-6(16)10-8-5-9(22(21)4-3-14-7(2)17)11(13(19)20)15(8)12(10)18/h3-4,6,8,10,16H,5H2,1-2H3,(H,14,17)(H,19,20)/b4-3+/t6-,8-,10-,22?/m1/s1. The Balaban J connectivity index is 2.25. The number of β-lactam (4-membered cyclic amide) rings is 1. The Morgan fingerprint density at radius 1 is 1.50 bits per heavy atom. The van der Waals surface area contributed by atoms with Crippen LogP contribution < -0.4 is 5.32 Å². The summed E-state index contributed by atoms with van der Waals surface area (Å²) >= 11 is 0. The summed E-state index contributed by atoms with van der Waals surface area (Å²) in [6.45, 7) is 2.74. The molecular formula is C13H16N2O6S. The van der Waals surface area contributed by atoms with Crippen molar-refractivity contribution in [2.45, 2.75) is 32.4 Å². The van der Waals surface area contributed by atoms with Crippen LogP contribution in [0, 0.1) is 5.92 Å². The lowest BCUT2D eigenvalue weighted by atomic mass is 9.83. The summed E-state index contributed by atoms with van der Waals surface area (Å²) in [6.07, 6.45) is 0.403. The second kappa shape index (κ2) is 6.01. The van der Waals surface area contributed by atoms with Gasteiger partial charge in [0.1, 0.15) is 5.70 Å². The highest BCUT2D eigenvalue weighted by Crippen LogP contribution is 2.44. The molecule has 9 heteroatoms. The first-order chi connectivity index (χ1) is 10.3. The third-order valence-electron chi connectivity index (χ3n) is 3.61. The van der Waals surface area contributed by atoms with Gasteiger partial charge in [-0.1, -0.05) is 0 Å². The molecule has 0 radical (unpaired) electrons. The zero-order valence-corrected chi connectivity index (χ0v) is 12.8. The van der Waals surface area contributed by atoms with Gasteiger partial charge < -0.3 is 20.4 Å². The fourth-order valence-electron chi connectivity index (χ4n) is 2.71. The minimum absolute atomic E-state index is 0.107. The van der Waals surface area contributed by atoms with Crippen LogP contribution in [0.1, 0.15) is 20.3 Å². The van der Waals surface area contributed by atoms with E-state index in [1.54, 1.807) is 0 Å². The summed E-state index contributed by atoms with van der Waals surface area (Å²) in [6, 6.07) is -0.480. The van der Waals surface area contributed by atoms with Crippen LogP contribution in [0.5, 0.6) is 0 Å². The molecule has 120 valence electrons. The van der Waals surface area contributed by atoms with E-state index in [1.165, 1.54) is 20.0 Å². The number of hydrogen-bond acceptors (Lipinski definition) is 5. The summed E-state index contributed by atoms with van der Waals surface area (Å²) in [4.78, 5) is 35.3. The van der Waals surface area contributed by atoms with Crippen LogP contribution in [-0.4, -0.2) is 49.3 Å². The second-order valence-corrected chi connectivity index (χ2v) is 6.48. The van der Waals surface area contributed by atoms with Crippen molar-refractivity contribution in [1.82, 2.24) is 10.2 Å². The minimum Gasteiger partial charge on any atom is -0.477 e. The Bertz CT molecular complexity index is 624. The molecule has 0 aliphatic carbocycles. The highest BCUT2D eigenvalue weighted by Gasteiger charge is 2.57. The molecule has 2 rings (SSSR count). The summed E-state index contributed by atoms with van der Waals surface area (Å²) < 4.78 is 12.2. The first-order valence-electron chi connectivity index (χ1n) is 6.57. The van der Waals surface area contributed by atoms with Crippen molar-refractivity contribution >= 4 is 28.6 Å². The van der Waals surface area contributed by atoms with Gasteiger partial charge in [0.05, 0.1) is 33.8 Å². The molecule has 0 aromatic heterocycles. The SMILES string of the molecule is CC(=O)N/C=C/S(=O)C1=C(C(=O)O)N2C(=O)[C@H]([C@@H](C)O)[C@H]2C1. The van der Waals surface area contributed by atoms with Gasteiger partial charge >= 0.3 is 5.97 Å². The van der Waals surface area contributed by atoms with Crippen LogP contribution in [0.15, 0.2) is 22.2 Å². The van der Waals surface area contributed by atoms with Gasteiger partial charge in [-0.15, -0.1) is 0 Å². The molecule has 2 heterocycles. The molecule has 1 saturated heterocycles. The normalized spacial score (nSPS) is 26.7. The number of carboxylic acid groups (broad SMARTS) is 1. The van der Waals surface area contributed by atoms with E-state index >= 15 is 0 Å². The van der Waals surface area contributed by atoms with E-state index in [2.05, 4.69) is 5.32 Å². The highest BCUT2D eigenvalue weighted by molar-refractivity contribution is 7.91. The maximum atomic E-state index is 12.2. The molecule has 8 nitrogen and oxygen atoms in total. The van der Waals surface area contributed by atoms with E-state index in [9.17, 15) is 28.8 Å². The van der Waals surface area contributed by atoms with Gasteiger partial charge in [-0.3, -0.25) is 9.59 Å². The third-order valence-corrected chi connectivity index (χ3v) is 4.84. The largest absolute Gasteiger partial charge is 0.477 e. The molecule has 0 spiro atoms. The molecule has 2 amide bonds. The number of fused-ring (bicyclic) bond motifs is 1. The van der Waals surface area contributed by atoms with E-state index in [1.807, 2.05) is 0 Å². The van der Waals surface area contributed by atoms with Crippen molar-refractivity contribution in [2.24, 2.45) is 5.92 Å². The number of amides is 2. The van der Waals surface area contributed by atoms with Crippen molar-refractivity contribution in [3.05, 3.63) is 22.2 Å². The molecular weight excluding hydrogens is 312 g/mol. The third kappa shape index (κ3) is 2.69. The van der Waals surface area contributed by atoms with Crippen LogP contribution in [0.25, 0.3) is 0 Å². The van der Waals surface area contributed by atoms with Gasteiger partial charge in [0, 0.05) is 25.0 Å². The van der Waals surface area contributed by atoms with Crippen LogP contribution >= 0.6 is 0 Å². The molecule has 0 saturated carbocycles. The van der Waals surface area contributed by atoms with Crippen LogP contribution in [0.2, 0.25) is 0 Å². The van der Waals surface area contributed by atoms with Crippen molar-refractivity contribution in [2.75, 3.05) is 0 Å². The van der Waals surface area contributed by atoms with Crippen molar-refractivity contribution < 1.29 is 28.8 Å². The number of carbonyl (C=O) groups is 3. The van der Waals surface area contributed by atoms with Gasteiger partial charge in [0.15, 0.2) is 0 Å². The second-order valence-electron chi connectivity index (χ2n) is 5.12. The molecule has 0 aromatic carbocycles. The van der Waals surface area contributed by atoms with Gasteiger partial charge in [-0.05, 0) is 6.92 Å². The zero-order chi connectivity index (χ0) is 16.6. The number of rotatable bonds is 5. The zero-order valence-electron chi connectivity index (χ0n) is 12.0. The summed E-state index contributed by atoms with van der Waals surface area (Å²) in [5.41, 5.74) is -0.294. The average Bonchev–Trinajstić information content (AvgIpc) is 2.72. The molecule has 1 fully saturated rings. The van der Waals surface area contributed by atoms with Crippen LogP contribution in [0.3, 0.4) is 0 Å². The molecule has 1 unspecified atom stereocenters. The number of aliphatic hydroxyl groups is 1. The number of hydrogen-bond donors (Lipinski definition) is 3. The van der Waals surface area contributed by atoms with E-state index in [0.29, 0.717) is 0 Å². The van der Waals surface area contributed by atoms with Gasteiger partial charge in [-0.25, -0.2) is 9.00 Å². The lowest BCUT2D eigenvalue weighted by Crippen LogP contribution is -2.61. The molecule has 22 heavy (non-hydrogen) atoms. The first-order valence-corrected chi connectivity index (χ1v) is 7.79. The predicted octanol–water partition coefficient (Wildman–Crippen LogP) is -0.750. The predicted molar refractivity (Wildman–Crippen MR) is 76.2 cm³/mol. The molecule has 0 bridgehead atoms. The average molecular weight is 328 g/mol. The van der Waals surface area contributed by atoms with Crippen LogP contribution in [0.4, 0.5) is 0 Å². The lowest BCUT2D eigenvalue weighted by Gasteiger charge is -2.44. The van der Waals surface area contributed by atoms with E-state index in [4.69, 9.17) is 0 Å². The number of aliphatic carboxylic acids is 1. The summed E-state index contributed by atoms with van der Waals surface area (Å²) in [7, 11) is -1.78. The molecule has 4 atom stereocenters.